The number of halogens is 1. The summed E-state index contributed by atoms with van der Waals surface area (Å²) in [5.74, 6) is 0.901. The molecule has 0 saturated carbocycles. The van der Waals surface area contributed by atoms with Gasteiger partial charge < -0.3 is 10.6 Å². The number of likely N-dealkylation sites (tertiary alicyclic amines) is 1. The van der Waals surface area contributed by atoms with Gasteiger partial charge in [-0.15, -0.1) is 23.7 Å². The van der Waals surface area contributed by atoms with Crippen LogP contribution in [0, 0.1) is 5.92 Å². The molecular weight excluding hydrogens is 316 g/mol. The minimum Gasteiger partial charge on any atom is -0.334 e. The van der Waals surface area contributed by atoms with Gasteiger partial charge in [0.2, 0.25) is 0 Å². The number of hydrogen-bond donors (Lipinski definition) is 1. The number of nitrogens with zero attached hydrogens (tertiary/aromatic N) is 1. The second kappa shape index (κ2) is 7.80. The third kappa shape index (κ3) is 3.66. The number of nitrogens with two attached hydrogens (primary N) is 1. The Morgan fingerprint density at radius 3 is 2.91 bits per heavy atom. The van der Waals surface area contributed by atoms with E-state index < -0.39 is 0 Å². The lowest BCUT2D eigenvalue weighted by Crippen LogP contribution is -2.49. The number of aryl methyl sites for hydroxylation is 2. The maximum atomic E-state index is 12.9. The predicted octanol–water partition coefficient (Wildman–Crippen LogP) is 3.64. The fraction of sp³-hybridized carbons (Fsp3) is 0.706. The average Bonchev–Trinajstić information content (AvgIpc) is 2.77. The zero-order valence-corrected chi connectivity index (χ0v) is 15.0. The van der Waals surface area contributed by atoms with Gasteiger partial charge in [-0.25, -0.2) is 0 Å². The first kappa shape index (κ1) is 17.8. The fourth-order valence-electron chi connectivity index (χ4n) is 3.66. The van der Waals surface area contributed by atoms with Gasteiger partial charge in [-0.05, 0) is 56.1 Å². The number of fused-ring (bicyclic) bond motifs is 1. The van der Waals surface area contributed by atoms with Crippen LogP contribution in [0.1, 0.15) is 59.1 Å². The zero-order chi connectivity index (χ0) is 14.8. The molecule has 1 saturated heterocycles. The van der Waals surface area contributed by atoms with Crippen LogP contribution < -0.4 is 5.73 Å². The van der Waals surface area contributed by atoms with Gasteiger partial charge in [-0.3, -0.25) is 4.79 Å². The Bertz CT molecular complexity index is 493. The molecule has 3 rings (SSSR count). The quantitative estimate of drug-likeness (QED) is 0.834. The standard InChI is InChI=1S/C17H26N2OS.ClH/c1-12-7-8-19(14(9-12)11-18)17(20)16-10-13-5-3-2-4-6-15(13)21-16;/h10,12,14H,2-9,11,18H2,1H3;1H. The summed E-state index contributed by atoms with van der Waals surface area (Å²) in [6, 6.07) is 2.39. The van der Waals surface area contributed by atoms with Crippen LogP contribution in [0.5, 0.6) is 0 Å². The summed E-state index contributed by atoms with van der Waals surface area (Å²) in [6.45, 7) is 3.71. The zero-order valence-electron chi connectivity index (χ0n) is 13.3. The smallest absolute Gasteiger partial charge is 0.264 e. The van der Waals surface area contributed by atoms with Gasteiger partial charge in [0.25, 0.3) is 5.91 Å². The molecule has 0 radical (unpaired) electrons. The molecule has 1 aromatic rings. The fourth-order valence-corrected chi connectivity index (χ4v) is 4.87. The molecule has 2 N–H and O–H groups in total. The first-order valence-corrected chi connectivity index (χ1v) is 9.13. The van der Waals surface area contributed by atoms with Crippen LogP contribution in [0.3, 0.4) is 0 Å². The third-order valence-electron chi connectivity index (χ3n) is 4.97. The van der Waals surface area contributed by atoms with E-state index in [9.17, 15) is 4.79 Å². The van der Waals surface area contributed by atoms with Crippen molar-refractivity contribution in [1.82, 2.24) is 4.90 Å². The average molecular weight is 343 g/mol. The van der Waals surface area contributed by atoms with E-state index in [2.05, 4.69) is 13.0 Å². The van der Waals surface area contributed by atoms with Crippen molar-refractivity contribution in [2.24, 2.45) is 11.7 Å². The van der Waals surface area contributed by atoms with Gasteiger partial charge in [0, 0.05) is 24.0 Å². The van der Waals surface area contributed by atoms with E-state index in [4.69, 9.17) is 5.73 Å². The Morgan fingerprint density at radius 1 is 1.36 bits per heavy atom. The third-order valence-corrected chi connectivity index (χ3v) is 6.19. The van der Waals surface area contributed by atoms with Crippen LogP contribution in [0.15, 0.2) is 6.07 Å². The second-order valence-electron chi connectivity index (χ2n) is 6.64. The molecule has 124 valence electrons. The van der Waals surface area contributed by atoms with Crippen LogP contribution in [-0.2, 0) is 12.8 Å². The lowest BCUT2D eigenvalue weighted by molar-refractivity contribution is 0.0578. The van der Waals surface area contributed by atoms with Crippen molar-refractivity contribution in [2.45, 2.75) is 57.9 Å². The summed E-state index contributed by atoms with van der Waals surface area (Å²) in [5, 5.41) is 0. The summed E-state index contributed by atoms with van der Waals surface area (Å²) in [7, 11) is 0. The first-order chi connectivity index (χ1) is 10.2. The Balaban J connectivity index is 0.00000176. The van der Waals surface area contributed by atoms with Crippen molar-refractivity contribution in [3.05, 3.63) is 21.4 Å². The van der Waals surface area contributed by atoms with Crippen molar-refractivity contribution in [1.29, 1.82) is 0 Å². The molecule has 5 heteroatoms. The summed E-state index contributed by atoms with van der Waals surface area (Å²) in [4.78, 5) is 17.3. The number of thiophene rings is 1. The molecule has 1 aliphatic heterocycles. The number of rotatable bonds is 2. The molecule has 2 unspecified atom stereocenters. The molecule has 0 aromatic carbocycles. The van der Waals surface area contributed by atoms with Gasteiger partial charge >= 0.3 is 0 Å². The predicted molar refractivity (Wildman–Crippen MR) is 95.1 cm³/mol. The van der Waals surface area contributed by atoms with E-state index in [0.717, 1.165) is 37.1 Å². The normalized spacial score (nSPS) is 25.1. The van der Waals surface area contributed by atoms with E-state index in [1.807, 2.05) is 4.90 Å². The van der Waals surface area contributed by atoms with Gasteiger partial charge in [-0.1, -0.05) is 13.3 Å². The monoisotopic (exact) mass is 342 g/mol. The Morgan fingerprint density at radius 2 is 2.14 bits per heavy atom. The minimum absolute atomic E-state index is 0. The summed E-state index contributed by atoms with van der Waals surface area (Å²) >= 11 is 1.73. The number of amides is 1. The Labute approximate surface area is 143 Å². The maximum Gasteiger partial charge on any atom is 0.264 e. The molecule has 1 fully saturated rings. The molecule has 2 atom stereocenters. The number of carbonyl (C=O) groups is 1. The van der Waals surface area contributed by atoms with Gasteiger partial charge in [0.05, 0.1) is 4.88 Å². The first-order valence-electron chi connectivity index (χ1n) is 8.31. The molecule has 1 amide bonds. The summed E-state index contributed by atoms with van der Waals surface area (Å²) < 4.78 is 0. The molecule has 0 spiro atoms. The van der Waals surface area contributed by atoms with E-state index in [1.165, 1.54) is 29.7 Å². The van der Waals surface area contributed by atoms with E-state index in [-0.39, 0.29) is 24.4 Å². The van der Waals surface area contributed by atoms with Crippen LogP contribution in [-0.4, -0.2) is 29.9 Å². The largest absolute Gasteiger partial charge is 0.334 e. The highest BCUT2D eigenvalue weighted by Crippen LogP contribution is 2.31. The van der Waals surface area contributed by atoms with Crippen molar-refractivity contribution in [2.75, 3.05) is 13.1 Å². The van der Waals surface area contributed by atoms with E-state index in [0.29, 0.717) is 12.5 Å². The van der Waals surface area contributed by atoms with Crippen LogP contribution in [0.2, 0.25) is 0 Å². The van der Waals surface area contributed by atoms with Crippen LogP contribution >= 0.6 is 23.7 Å². The van der Waals surface area contributed by atoms with Crippen molar-refractivity contribution in [3.8, 4) is 0 Å². The highest BCUT2D eigenvalue weighted by molar-refractivity contribution is 7.14. The lowest BCUT2D eigenvalue weighted by Gasteiger charge is -2.37. The molecule has 3 nitrogen and oxygen atoms in total. The molecular formula is C17H27ClN2OS. The van der Waals surface area contributed by atoms with Crippen LogP contribution in [0.25, 0.3) is 0 Å². The Hall–Kier alpha value is -0.580. The van der Waals surface area contributed by atoms with Gasteiger partial charge in [0.15, 0.2) is 0 Å². The lowest BCUT2D eigenvalue weighted by atomic mass is 9.92. The van der Waals surface area contributed by atoms with Crippen molar-refractivity contribution < 1.29 is 4.79 Å². The second-order valence-corrected chi connectivity index (χ2v) is 7.77. The molecule has 1 aliphatic carbocycles. The van der Waals surface area contributed by atoms with Gasteiger partial charge in [-0.2, -0.15) is 0 Å². The molecule has 2 heterocycles. The summed E-state index contributed by atoms with van der Waals surface area (Å²) in [6.07, 6.45) is 8.32. The van der Waals surface area contributed by atoms with Crippen LogP contribution in [0.4, 0.5) is 0 Å². The molecule has 2 aliphatic rings. The van der Waals surface area contributed by atoms with Crippen molar-refractivity contribution in [3.63, 3.8) is 0 Å². The molecule has 0 bridgehead atoms. The molecule has 22 heavy (non-hydrogen) atoms. The number of piperidine rings is 1. The number of hydrogen-bond acceptors (Lipinski definition) is 3. The summed E-state index contributed by atoms with van der Waals surface area (Å²) in [5.41, 5.74) is 7.33. The highest BCUT2D eigenvalue weighted by Gasteiger charge is 2.30. The Kier molecular flexibility index (Phi) is 6.30. The van der Waals surface area contributed by atoms with E-state index >= 15 is 0 Å². The number of carbonyl (C=O) groups excluding carboxylic acids is 1. The molecule has 1 aromatic heterocycles. The maximum absolute atomic E-state index is 12.9. The minimum atomic E-state index is 0. The van der Waals surface area contributed by atoms with Crippen molar-refractivity contribution >= 4 is 29.7 Å². The SMILES string of the molecule is CC1CCN(C(=O)c2cc3c(s2)CCCCC3)C(CN)C1.Cl. The topological polar surface area (TPSA) is 46.3 Å². The van der Waals surface area contributed by atoms with E-state index in [1.54, 1.807) is 11.3 Å². The van der Waals surface area contributed by atoms with Gasteiger partial charge in [0.1, 0.15) is 0 Å². The highest BCUT2D eigenvalue weighted by atomic mass is 35.5.